The Morgan fingerprint density at radius 3 is 2.54 bits per heavy atom. The molecule has 1 heterocycles. The minimum absolute atomic E-state index is 0.0373. The summed E-state index contributed by atoms with van der Waals surface area (Å²) in [4.78, 5) is 36.2. The van der Waals surface area contributed by atoms with E-state index in [1.807, 2.05) is 0 Å². The van der Waals surface area contributed by atoms with Gasteiger partial charge in [0.2, 0.25) is 5.91 Å². The van der Waals surface area contributed by atoms with Crippen LogP contribution < -0.4 is 20.1 Å². The van der Waals surface area contributed by atoms with Gasteiger partial charge < -0.3 is 24.8 Å². The van der Waals surface area contributed by atoms with Gasteiger partial charge in [-0.2, -0.15) is 0 Å². The molecule has 1 fully saturated rings. The average molecular weight is 357 g/mol. The van der Waals surface area contributed by atoms with Crippen LogP contribution in [0.5, 0.6) is 11.5 Å². The van der Waals surface area contributed by atoms with Gasteiger partial charge in [-0.05, 0) is 6.07 Å². The minimum Gasteiger partial charge on any atom is -0.495 e. The summed E-state index contributed by atoms with van der Waals surface area (Å²) in [7, 11) is 2.91. The number of methoxy groups -OCH3 is 2. The first kappa shape index (κ1) is 17.9. The molecule has 9 heteroatoms. The van der Waals surface area contributed by atoms with Gasteiger partial charge in [0.25, 0.3) is 5.91 Å². The van der Waals surface area contributed by atoms with Crippen LogP contribution in [0.4, 0.5) is 5.69 Å². The number of carbonyl (C=O) groups is 3. The highest BCUT2D eigenvalue weighted by molar-refractivity contribution is 6.32. The molecule has 1 saturated heterocycles. The van der Waals surface area contributed by atoms with Gasteiger partial charge in [0.15, 0.2) is 6.61 Å². The Morgan fingerprint density at radius 1 is 1.29 bits per heavy atom. The molecule has 1 aliphatic rings. The van der Waals surface area contributed by atoms with E-state index >= 15 is 0 Å². The third-order valence-corrected chi connectivity index (χ3v) is 3.85. The van der Waals surface area contributed by atoms with E-state index in [9.17, 15) is 14.4 Å². The highest BCUT2D eigenvalue weighted by atomic mass is 35.5. The van der Waals surface area contributed by atoms with Crippen molar-refractivity contribution in [2.75, 3.05) is 32.3 Å². The molecule has 0 spiro atoms. The van der Waals surface area contributed by atoms with E-state index in [0.29, 0.717) is 22.2 Å². The lowest BCUT2D eigenvalue weighted by Crippen LogP contribution is -2.28. The van der Waals surface area contributed by atoms with Gasteiger partial charge in [0.05, 0.1) is 30.8 Å². The standard InChI is InChI=1S/C15H17ClN2O6/c1-22-11-5-12(23-2)10(4-9(11)16)18-6-8(3-14(18)20)15(21)24-7-13(17)19/h4-5,8H,3,6-7H2,1-2H3,(H2,17,19)/t8-/m1/s1. The number of benzene rings is 1. The van der Waals surface area contributed by atoms with Crippen molar-refractivity contribution in [3.05, 3.63) is 17.2 Å². The number of amides is 2. The van der Waals surface area contributed by atoms with E-state index in [0.717, 1.165) is 0 Å². The summed E-state index contributed by atoms with van der Waals surface area (Å²) < 4.78 is 15.1. The molecule has 24 heavy (non-hydrogen) atoms. The second-order valence-electron chi connectivity index (χ2n) is 5.14. The number of nitrogens with two attached hydrogens (primary N) is 1. The monoisotopic (exact) mass is 356 g/mol. The zero-order valence-electron chi connectivity index (χ0n) is 13.2. The first-order valence-corrected chi connectivity index (χ1v) is 7.42. The zero-order chi connectivity index (χ0) is 17.9. The van der Waals surface area contributed by atoms with Crippen LogP contribution in [-0.2, 0) is 19.1 Å². The quantitative estimate of drug-likeness (QED) is 0.753. The third kappa shape index (κ3) is 3.70. The van der Waals surface area contributed by atoms with E-state index in [1.54, 1.807) is 6.07 Å². The van der Waals surface area contributed by atoms with E-state index in [1.165, 1.54) is 25.2 Å². The smallest absolute Gasteiger partial charge is 0.311 e. The van der Waals surface area contributed by atoms with Crippen LogP contribution in [0.25, 0.3) is 0 Å². The van der Waals surface area contributed by atoms with Crippen LogP contribution in [0.2, 0.25) is 5.02 Å². The number of halogens is 1. The molecule has 2 rings (SSSR count). The Bertz CT molecular complexity index is 678. The van der Waals surface area contributed by atoms with Crippen molar-refractivity contribution in [2.24, 2.45) is 11.7 Å². The summed E-state index contributed by atoms with van der Waals surface area (Å²) in [6.45, 7) is -0.420. The second kappa shape index (κ2) is 7.39. The Morgan fingerprint density at radius 2 is 1.96 bits per heavy atom. The summed E-state index contributed by atoms with van der Waals surface area (Å²) in [5.41, 5.74) is 5.36. The zero-order valence-corrected chi connectivity index (χ0v) is 14.0. The topological polar surface area (TPSA) is 108 Å². The number of primary amides is 1. The van der Waals surface area contributed by atoms with Gasteiger partial charge in [0.1, 0.15) is 11.5 Å². The highest BCUT2D eigenvalue weighted by Gasteiger charge is 2.37. The molecule has 0 bridgehead atoms. The van der Waals surface area contributed by atoms with Crippen molar-refractivity contribution < 1.29 is 28.6 Å². The maximum atomic E-state index is 12.3. The summed E-state index contributed by atoms with van der Waals surface area (Å²) in [5, 5.41) is 0.306. The largest absolute Gasteiger partial charge is 0.495 e. The maximum absolute atomic E-state index is 12.3. The van der Waals surface area contributed by atoms with Crippen LogP contribution in [-0.4, -0.2) is 45.2 Å². The Hall–Kier alpha value is -2.48. The molecule has 1 aromatic rings. The Labute approximate surface area is 143 Å². The van der Waals surface area contributed by atoms with Crippen LogP contribution in [0.1, 0.15) is 6.42 Å². The lowest BCUT2D eigenvalue weighted by atomic mass is 10.1. The van der Waals surface area contributed by atoms with Gasteiger partial charge >= 0.3 is 5.97 Å². The second-order valence-corrected chi connectivity index (χ2v) is 5.55. The van der Waals surface area contributed by atoms with Crippen LogP contribution in [0.15, 0.2) is 12.1 Å². The molecule has 130 valence electrons. The minimum atomic E-state index is -0.756. The Kier molecular flexibility index (Phi) is 5.50. The number of anilines is 1. The van der Waals surface area contributed by atoms with Gasteiger partial charge in [-0.25, -0.2) is 0 Å². The molecule has 0 aromatic heterocycles. The van der Waals surface area contributed by atoms with Gasteiger partial charge in [-0.15, -0.1) is 0 Å². The van der Waals surface area contributed by atoms with Crippen molar-refractivity contribution in [1.82, 2.24) is 0 Å². The molecule has 0 radical (unpaired) electrons. The van der Waals surface area contributed by atoms with Crippen molar-refractivity contribution in [3.8, 4) is 11.5 Å². The lowest BCUT2D eigenvalue weighted by Gasteiger charge is -2.20. The van der Waals surface area contributed by atoms with Gasteiger partial charge in [0, 0.05) is 19.0 Å². The van der Waals surface area contributed by atoms with Crippen molar-refractivity contribution in [2.45, 2.75) is 6.42 Å². The number of nitrogens with zero attached hydrogens (tertiary/aromatic N) is 1. The molecule has 8 nitrogen and oxygen atoms in total. The molecule has 0 aliphatic carbocycles. The molecule has 1 aliphatic heterocycles. The first-order valence-electron chi connectivity index (χ1n) is 7.04. The first-order chi connectivity index (χ1) is 11.4. The van der Waals surface area contributed by atoms with Crippen molar-refractivity contribution in [3.63, 3.8) is 0 Å². The molecule has 2 N–H and O–H groups in total. The fraction of sp³-hybridized carbons (Fsp3) is 0.400. The van der Waals surface area contributed by atoms with Crippen LogP contribution >= 0.6 is 11.6 Å². The van der Waals surface area contributed by atoms with Gasteiger partial charge in [-0.3, -0.25) is 14.4 Å². The molecule has 0 saturated carbocycles. The number of rotatable bonds is 6. The predicted octanol–water partition coefficient (Wildman–Crippen LogP) is 0.739. The maximum Gasteiger partial charge on any atom is 0.311 e. The number of hydrogen-bond donors (Lipinski definition) is 1. The van der Waals surface area contributed by atoms with E-state index < -0.39 is 24.4 Å². The fourth-order valence-corrected chi connectivity index (χ4v) is 2.65. The van der Waals surface area contributed by atoms with Gasteiger partial charge in [-0.1, -0.05) is 11.6 Å². The predicted molar refractivity (Wildman–Crippen MR) is 85.2 cm³/mol. The van der Waals surface area contributed by atoms with Crippen LogP contribution in [0.3, 0.4) is 0 Å². The molecule has 1 atom stereocenters. The fourth-order valence-electron chi connectivity index (χ4n) is 2.41. The molecule has 1 aromatic carbocycles. The molecule has 2 amide bonds. The molecular formula is C15H17ClN2O6. The van der Waals surface area contributed by atoms with Crippen molar-refractivity contribution in [1.29, 1.82) is 0 Å². The van der Waals surface area contributed by atoms with E-state index in [-0.39, 0.29) is 18.9 Å². The Balaban J connectivity index is 2.21. The molecule has 0 unspecified atom stereocenters. The van der Waals surface area contributed by atoms with E-state index in [2.05, 4.69) is 0 Å². The highest BCUT2D eigenvalue weighted by Crippen LogP contribution is 2.40. The molecular weight excluding hydrogens is 340 g/mol. The number of carbonyl (C=O) groups excluding carboxylic acids is 3. The summed E-state index contributed by atoms with van der Waals surface area (Å²) in [6.07, 6.45) is -0.0373. The summed E-state index contributed by atoms with van der Waals surface area (Å²) in [5.74, 6) is -1.59. The number of ether oxygens (including phenoxy) is 3. The number of esters is 1. The lowest BCUT2D eigenvalue weighted by molar-refractivity contribution is -0.151. The normalized spacial score (nSPS) is 16.9. The summed E-state index contributed by atoms with van der Waals surface area (Å²) >= 11 is 6.11. The SMILES string of the molecule is COc1cc(OC)c(N2C[C@H](C(=O)OCC(N)=O)CC2=O)cc1Cl. The van der Waals surface area contributed by atoms with Crippen LogP contribution in [0, 0.1) is 5.92 Å². The van der Waals surface area contributed by atoms with E-state index in [4.69, 9.17) is 31.5 Å². The average Bonchev–Trinajstić information content (AvgIpc) is 2.94. The summed E-state index contributed by atoms with van der Waals surface area (Å²) in [6, 6.07) is 3.10. The van der Waals surface area contributed by atoms with Crippen molar-refractivity contribution >= 4 is 35.1 Å². The number of hydrogen-bond acceptors (Lipinski definition) is 6. The third-order valence-electron chi connectivity index (χ3n) is 3.56.